The van der Waals surface area contributed by atoms with Crippen LogP contribution >= 0.6 is 11.8 Å². The molecule has 1 N–H and O–H groups in total. The molecule has 0 bridgehead atoms. The predicted octanol–water partition coefficient (Wildman–Crippen LogP) is 6.57. The number of para-hydroxylation sites is 1. The van der Waals surface area contributed by atoms with Crippen LogP contribution in [0.5, 0.6) is 0 Å². The molecule has 0 spiro atoms. The second-order valence-corrected chi connectivity index (χ2v) is 8.76. The van der Waals surface area contributed by atoms with Crippen LogP contribution in [0.4, 0.5) is 5.69 Å². The van der Waals surface area contributed by atoms with Crippen LogP contribution in [0.15, 0.2) is 108 Å². The van der Waals surface area contributed by atoms with Gasteiger partial charge in [-0.3, -0.25) is 9.78 Å². The number of rotatable bonds is 6. The Morgan fingerprint density at radius 3 is 2.34 bits per heavy atom. The van der Waals surface area contributed by atoms with Crippen LogP contribution in [0.1, 0.15) is 5.56 Å². The average Bonchev–Trinajstić information content (AvgIpc) is 2.92. The van der Waals surface area contributed by atoms with Gasteiger partial charge in [0.1, 0.15) is 11.1 Å². The molecule has 35 heavy (non-hydrogen) atoms. The molecule has 0 unspecified atom stereocenters. The topological polar surface area (TPSA) is 78.7 Å². The highest BCUT2D eigenvalue weighted by atomic mass is 32.2. The largest absolute Gasteiger partial charge is 0.323 e. The number of pyridine rings is 2. The number of hydrogen-bond acceptors (Lipinski definition) is 5. The first-order valence-electron chi connectivity index (χ1n) is 11.1. The van der Waals surface area contributed by atoms with Gasteiger partial charge < -0.3 is 5.32 Å². The standard InChI is InChI=1S/C29H20N4OS/c30-18-24-23(20-9-3-1-4-10-20)17-26(21-11-5-2-6-12-21)33-29(24)35-19-27(34)32-25-15-7-13-22-14-8-16-31-28(22)25/h1-17H,19H2,(H,32,34). The van der Waals surface area contributed by atoms with Gasteiger partial charge in [-0.2, -0.15) is 5.26 Å². The van der Waals surface area contributed by atoms with E-state index in [0.717, 1.165) is 33.3 Å². The Morgan fingerprint density at radius 2 is 1.60 bits per heavy atom. The Balaban J connectivity index is 1.46. The van der Waals surface area contributed by atoms with Crippen LogP contribution in [0.25, 0.3) is 33.3 Å². The summed E-state index contributed by atoms with van der Waals surface area (Å²) in [5, 5.41) is 14.5. The maximum Gasteiger partial charge on any atom is 0.234 e. The van der Waals surface area contributed by atoms with E-state index < -0.39 is 0 Å². The fourth-order valence-corrected chi connectivity index (χ4v) is 4.66. The molecule has 0 aliphatic rings. The SMILES string of the molecule is N#Cc1c(-c2ccccc2)cc(-c2ccccc2)nc1SCC(=O)Nc1cccc2cccnc12. The van der Waals surface area contributed by atoms with Crippen molar-refractivity contribution in [1.29, 1.82) is 5.26 Å². The zero-order valence-corrected chi connectivity index (χ0v) is 19.5. The van der Waals surface area contributed by atoms with E-state index in [9.17, 15) is 10.1 Å². The summed E-state index contributed by atoms with van der Waals surface area (Å²) in [6, 6.07) is 33.3. The number of aromatic nitrogens is 2. The first-order valence-corrected chi connectivity index (χ1v) is 12.0. The van der Waals surface area contributed by atoms with Crippen molar-refractivity contribution in [2.45, 2.75) is 5.03 Å². The molecule has 0 atom stereocenters. The van der Waals surface area contributed by atoms with Crippen molar-refractivity contribution >= 4 is 34.3 Å². The molecule has 168 valence electrons. The highest BCUT2D eigenvalue weighted by molar-refractivity contribution is 8.00. The van der Waals surface area contributed by atoms with Gasteiger partial charge in [0.25, 0.3) is 0 Å². The molecule has 0 fully saturated rings. The second-order valence-electron chi connectivity index (χ2n) is 7.80. The predicted molar refractivity (Wildman–Crippen MR) is 141 cm³/mol. The van der Waals surface area contributed by atoms with E-state index in [4.69, 9.17) is 4.98 Å². The summed E-state index contributed by atoms with van der Waals surface area (Å²) in [7, 11) is 0. The van der Waals surface area contributed by atoms with Crippen molar-refractivity contribution in [3.05, 3.63) is 109 Å². The maximum absolute atomic E-state index is 12.9. The molecule has 2 aromatic heterocycles. The fraction of sp³-hybridized carbons (Fsp3) is 0.0345. The van der Waals surface area contributed by atoms with Gasteiger partial charge in [0.05, 0.1) is 28.2 Å². The molecule has 5 rings (SSSR count). The lowest BCUT2D eigenvalue weighted by molar-refractivity contribution is -0.113. The summed E-state index contributed by atoms with van der Waals surface area (Å²) in [6.07, 6.45) is 1.70. The number of amides is 1. The number of nitriles is 1. The van der Waals surface area contributed by atoms with Gasteiger partial charge in [-0.15, -0.1) is 0 Å². The number of carbonyl (C=O) groups excluding carboxylic acids is 1. The van der Waals surface area contributed by atoms with Gasteiger partial charge in [-0.25, -0.2) is 4.98 Å². The highest BCUT2D eigenvalue weighted by Crippen LogP contribution is 2.34. The third-order valence-corrected chi connectivity index (χ3v) is 6.47. The van der Waals surface area contributed by atoms with E-state index in [0.29, 0.717) is 16.3 Å². The Hall–Kier alpha value is -4.47. The summed E-state index contributed by atoms with van der Waals surface area (Å²) in [5.74, 6) is -0.0811. The maximum atomic E-state index is 12.9. The van der Waals surface area contributed by atoms with Crippen molar-refractivity contribution < 1.29 is 4.79 Å². The zero-order chi connectivity index (χ0) is 24.0. The quantitative estimate of drug-likeness (QED) is 0.283. The second kappa shape index (κ2) is 10.2. The van der Waals surface area contributed by atoms with Crippen LogP contribution in [0, 0.1) is 11.3 Å². The molecular formula is C29H20N4OS. The first kappa shape index (κ1) is 22.3. The minimum atomic E-state index is -0.190. The van der Waals surface area contributed by atoms with Crippen molar-refractivity contribution in [3.63, 3.8) is 0 Å². The van der Waals surface area contributed by atoms with Gasteiger partial charge in [-0.1, -0.05) is 90.6 Å². The molecular weight excluding hydrogens is 452 g/mol. The molecule has 6 heteroatoms. The Kier molecular flexibility index (Phi) is 6.51. The molecule has 2 heterocycles. The van der Waals surface area contributed by atoms with Crippen LogP contribution in [-0.2, 0) is 4.79 Å². The van der Waals surface area contributed by atoms with Crippen LogP contribution < -0.4 is 5.32 Å². The lowest BCUT2D eigenvalue weighted by Crippen LogP contribution is -2.15. The molecule has 1 amide bonds. The number of nitrogens with one attached hydrogen (secondary N) is 1. The van der Waals surface area contributed by atoms with Crippen LogP contribution in [0.2, 0.25) is 0 Å². The monoisotopic (exact) mass is 472 g/mol. The highest BCUT2D eigenvalue weighted by Gasteiger charge is 2.17. The van der Waals surface area contributed by atoms with E-state index in [-0.39, 0.29) is 11.7 Å². The van der Waals surface area contributed by atoms with Gasteiger partial charge in [-0.05, 0) is 23.8 Å². The molecule has 0 aliphatic carbocycles. The Labute approximate surface area is 207 Å². The van der Waals surface area contributed by atoms with E-state index in [1.807, 2.05) is 97.1 Å². The van der Waals surface area contributed by atoms with E-state index >= 15 is 0 Å². The number of carbonyl (C=O) groups is 1. The van der Waals surface area contributed by atoms with Crippen molar-refractivity contribution in [1.82, 2.24) is 9.97 Å². The third-order valence-electron chi connectivity index (χ3n) is 5.50. The Bertz CT molecular complexity index is 1540. The van der Waals surface area contributed by atoms with Gasteiger partial charge in [0.15, 0.2) is 0 Å². The molecule has 0 saturated heterocycles. The lowest BCUT2D eigenvalue weighted by Gasteiger charge is -2.13. The van der Waals surface area contributed by atoms with E-state index in [2.05, 4.69) is 16.4 Å². The summed E-state index contributed by atoms with van der Waals surface area (Å²) in [6.45, 7) is 0. The molecule has 0 aliphatic heterocycles. The van der Waals surface area contributed by atoms with Crippen molar-refractivity contribution in [2.24, 2.45) is 0 Å². The molecule has 5 nitrogen and oxygen atoms in total. The van der Waals surface area contributed by atoms with E-state index in [1.165, 1.54) is 11.8 Å². The lowest BCUT2D eigenvalue weighted by atomic mass is 9.99. The summed E-state index contributed by atoms with van der Waals surface area (Å²) in [5.41, 5.74) is 5.28. The molecule has 0 radical (unpaired) electrons. The van der Waals surface area contributed by atoms with Crippen molar-refractivity contribution in [3.8, 4) is 28.5 Å². The summed E-state index contributed by atoms with van der Waals surface area (Å²) >= 11 is 1.26. The normalized spacial score (nSPS) is 10.6. The number of anilines is 1. The number of hydrogen-bond donors (Lipinski definition) is 1. The van der Waals surface area contributed by atoms with Crippen molar-refractivity contribution in [2.75, 3.05) is 11.1 Å². The van der Waals surface area contributed by atoms with Crippen LogP contribution in [0.3, 0.4) is 0 Å². The number of benzene rings is 3. The van der Waals surface area contributed by atoms with E-state index in [1.54, 1.807) is 6.20 Å². The molecule has 3 aromatic carbocycles. The fourth-order valence-electron chi connectivity index (χ4n) is 3.86. The number of thioether (sulfide) groups is 1. The zero-order valence-electron chi connectivity index (χ0n) is 18.7. The molecule has 5 aromatic rings. The van der Waals surface area contributed by atoms with Crippen LogP contribution in [-0.4, -0.2) is 21.6 Å². The Morgan fingerprint density at radius 1 is 0.886 bits per heavy atom. The van der Waals surface area contributed by atoms with Gasteiger partial charge in [0.2, 0.25) is 5.91 Å². The minimum Gasteiger partial charge on any atom is -0.323 e. The summed E-state index contributed by atoms with van der Waals surface area (Å²) in [4.78, 5) is 22.0. The summed E-state index contributed by atoms with van der Waals surface area (Å²) < 4.78 is 0. The van der Waals surface area contributed by atoms with Gasteiger partial charge >= 0.3 is 0 Å². The third kappa shape index (κ3) is 4.91. The smallest absolute Gasteiger partial charge is 0.234 e. The first-order chi connectivity index (χ1) is 17.2. The molecule has 0 saturated carbocycles. The minimum absolute atomic E-state index is 0.109. The average molecular weight is 473 g/mol. The number of fused-ring (bicyclic) bond motifs is 1. The number of nitrogens with zero attached hydrogens (tertiary/aromatic N) is 3. The van der Waals surface area contributed by atoms with Gasteiger partial charge in [0, 0.05) is 22.7 Å².